The van der Waals surface area contributed by atoms with Crippen molar-refractivity contribution in [3.05, 3.63) is 64.9 Å². The van der Waals surface area contributed by atoms with Crippen LogP contribution in [-0.4, -0.2) is 50.5 Å². The Hall–Kier alpha value is -4.54. The predicted molar refractivity (Wildman–Crippen MR) is 145 cm³/mol. The van der Waals surface area contributed by atoms with Crippen LogP contribution in [0.5, 0.6) is 17.2 Å². The van der Waals surface area contributed by atoms with E-state index < -0.39 is 23.9 Å². The number of urea groups is 1. The molecule has 1 heterocycles. The van der Waals surface area contributed by atoms with Crippen molar-refractivity contribution < 1.29 is 33.3 Å². The Kier molecular flexibility index (Phi) is 10.3. The van der Waals surface area contributed by atoms with Crippen molar-refractivity contribution in [2.24, 2.45) is 5.10 Å². The number of hydrogen-bond donors (Lipinski definition) is 3. The van der Waals surface area contributed by atoms with Gasteiger partial charge in [0.05, 0.1) is 37.7 Å². The second kappa shape index (κ2) is 13.8. The number of nitrogens with one attached hydrogen (secondary N) is 3. The maximum Gasteiger partial charge on any atom is 0.338 e. The molecule has 0 spiro atoms. The van der Waals surface area contributed by atoms with Crippen molar-refractivity contribution in [1.82, 2.24) is 16.1 Å². The van der Waals surface area contributed by atoms with Gasteiger partial charge in [-0.1, -0.05) is 13.0 Å². The number of rotatable bonds is 12. The number of allylic oxidation sites excluding steroid dienone is 1. The van der Waals surface area contributed by atoms with E-state index in [9.17, 15) is 14.4 Å². The number of carbonyl (C=O) groups excluding carboxylic acids is 3. The van der Waals surface area contributed by atoms with Gasteiger partial charge in [0.1, 0.15) is 5.75 Å². The molecule has 2 aromatic carbocycles. The number of esters is 1. The first kappa shape index (κ1) is 29.0. The topological polar surface area (TPSA) is 137 Å². The molecule has 3 N–H and O–H groups in total. The monoisotopic (exact) mass is 538 g/mol. The number of carbonyl (C=O) groups is 3. The summed E-state index contributed by atoms with van der Waals surface area (Å²) in [5.74, 6) is 0.375. The molecule has 39 heavy (non-hydrogen) atoms. The average molecular weight is 539 g/mol. The Morgan fingerprint density at radius 3 is 2.54 bits per heavy atom. The fourth-order valence-electron chi connectivity index (χ4n) is 3.71. The van der Waals surface area contributed by atoms with Crippen LogP contribution in [0.4, 0.5) is 4.79 Å². The standard InChI is InChI=1S/C28H34N4O7/c1-6-17(3)39-21-11-8-19(9-12-21)15-29-32-24(33)16-38-22-13-10-20(14-23(22)36-5)26-25(27(34)37-7-2)18(4)30-28(35)31-26/h8-15,17,26H,6-7,16H2,1-5H3,(H,32,33)(H2,30,31,35)/b29-15-/t17-,26-/m1/s1. The lowest BCUT2D eigenvalue weighted by atomic mass is 9.95. The predicted octanol–water partition coefficient (Wildman–Crippen LogP) is 3.59. The van der Waals surface area contributed by atoms with Crippen LogP contribution >= 0.6 is 0 Å². The average Bonchev–Trinajstić information content (AvgIpc) is 2.92. The number of methoxy groups -OCH3 is 1. The lowest BCUT2D eigenvalue weighted by molar-refractivity contribution is -0.139. The molecule has 2 aromatic rings. The largest absolute Gasteiger partial charge is 0.493 e. The van der Waals surface area contributed by atoms with E-state index in [0.717, 1.165) is 17.7 Å². The van der Waals surface area contributed by atoms with Crippen molar-refractivity contribution in [2.75, 3.05) is 20.3 Å². The van der Waals surface area contributed by atoms with E-state index >= 15 is 0 Å². The van der Waals surface area contributed by atoms with E-state index in [-0.39, 0.29) is 24.9 Å². The number of ether oxygens (including phenoxy) is 4. The van der Waals surface area contributed by atoms with Crippen LogP contribution in [0.15, 0.2) is 58.8 Å². The Morgan fingerprint density at radius 2 is 1.87 bits per heavy atom. The highest BCUT2D eigenvalue weighted by atomic mass is 16.5. The van der Waals surface area contributed by atoms with Crippen molar-refractivity contribution in [3.8, 4) is 17.2 Å². The molecule has 0 unspecified atom stereocenters. The molecular formula is C28H34N4O7. The van der Waals surface area contributed by atoms with E-state index in [1.54, 1.807) is 32.0 Å². The van der Waals surface area contributed by atoms with Gasteiger partial charge >= 0.3 is 12.0 Å². The van der Waals surface area contributed by atoms with Crippen LogP contribution < -0.4 is 30.3 Å². The third kappa shape index (κ3) is 7.97. The summed E-state index contributed by atoms with van der Waals surface area (Å²) in [5.41, 5.74) is 4.46. The summed E-state index contributed by atoms with van der Waals surface area (Å²) in [5, 5.41) is 9.28. The minimum atomic E-state index is -0.756. The van der Waals surface area contributed by atoms with Gasteiger partial charge in [-0.25, -0.2) is 15.0 Å². The van der Waals surface area contributed by atoms with Gasteiger partial charge in [0.15, 0.2) is 18.1 Å². The molecular weight excluding hydrogens is 504 g/mol. The Morgan fingerprint density at radius 1 is 1.13 bits per heavy atom. The maximum absolute atomic E-state index is 12.6. The van der Waals surface area contributed by atoms with E-state index in [0.29, 0.717) is 22.8 Å². The fraction of sp³-hybridized carbons (Fsp3) is 0.357. The van der Waals surface area contributed by atoms with Gasteiger partial charge in [-0.15, -0.1) is 0 Å². The zero-order valence-corrected chi connectivity index (χ0v) is 22.7. The normalized spacial score (nSPS) is 15.7. The number of amides is 3. The number of benzene rings is 2. The first-order chi connectivity index (χ1) is 18.7. The third-order valence-electron chi connectivity index (χ3n) is 5.84. The van der Waals surface area contributed by atoms with Crippen LogP contribution in [0.1, 0.15) is 51.3 Å². The summed E-state index contributed by atoms with van der Waals surface area (Å²) >= 11 is 0. The van der Waals surface area contributed by atoms with E-state index in [2.05, 4.69) is 28.1 Å². The van der Waals surface area contributed by atoms with Crippen LogP contribution in [0, 0.1) is 0 Å². The molecule has 0 aromatic heterocycles. The molecule has 208 valence electrons. The summed E-state index contributed by atoms with van der Waals surface area (Å²) in [6, 6.07) is 11.1. The van der Waals surface area contributed by atoms with Crippen molar-refractivity contribution in [3.63, 3.8) is 0 Å². The van der Waals surface area contributed by atoms with E-state index in [1.807, 2.05) is 31.2 Å². The highest BCUT2D eigenvalue weighted by Gasteiger charge is 2.32. The summed E-state index contributed by atoms with van der Waals surface area (Å²) < 4.78 is 22.0. The molecule has 1 aliphatic heterocycles. The molecule has 0 bridgehead atoms. The van der Waals surface area contributed by atoms with E-state index in [1.165, 1.54) is 13.3 Å². The second-order valence-corrected chi connectivity index (χ2v) is 8.69. The van der Waals surface area contributed by atoms with Gasteiger partial charge in [-0.2, -0.15) is 5.10 Å². The fourth-order valence-corrected chi connectivity index (χ4v) is 3.71. The highest BCUT2D eigenvalue weighted by Crippen LogP contribution is 2.34. The summed E-state index contributed by atoms with van der Waals surface area (Å²) in [4.78, 5) is 36.9. The van der Waals surface area contributed by atoms with Crippen LogP contribution in [0.2, 0.25) is 0 Å². The number of nitrogens with zero attached hydrogens (tertiary/aromatic N) is 1. The minimum absolute atomic E-state index is 0.132. The third-order valence-corrected chi connectivity index (χ3v) is 5.84. The Balaban J connectivity index is 1.61. The van der Waals surface area contributed by atoms with Crippen LogP contribution in [0.25, 0.3) is 0 Å². The summed E-state index contributed by atoms with van der Waals surface area (Å²) in [7, 11) is 1.45. The number of hydrogen-bond acceptors (Lipinski definition) is 8. The van der Waals surface area contributed by atoms with Gasteiger partial charge < -0.3 is 29.6 Å². The first-order valence-electron chi connectivity index (χ1n) is 12.6. The summed E-state index contributed by atoms with van der Waals surface area (Å²) in [6.45, 7) is 7.27. The highest BCUT2D eigenvalue weighted by molar-refractivity contribution is 5.95. The molecule has 0 fully saturated rings. The molecule has 3 rings (SSSR count). The van der Waals surface area contributed by atoms with Gasteiger partial charge in [-0.3, -0.25) is 4.79 Å². The lowest BCUT2D eigenvalue weighted by Gasteiger charge is -2.28. The van der Waals surface area contributed by atoms with Gasteiger partial charge in [0.2, 0.25) is 0 Å². The minimum Gasteiger partial charge on any atom is -0.493 e. The van der Waals surface area contributed by atoms with Crippen molar-refractivity contribution in [1.29, 1.82) is 0 Å². The quantitative estimate of drug-likeness (QED) is 0.213. The maximum atomic E-state index is 12.6. The zero-order chi connectivity index (χ0) is 28.4. The smallest absolute Gasteiger partial charge is 0.338 e. The molecule has 11 heteroatoms. The first-order valence-corrected chi connectivity index (χ1v) is 12.6. The van der Waals surface area contributed by atoms with Crippen LogP contribution in [0.3, 0.4) is 0 Å². The van der Waals surface area contributed by atoms with Crippen molar-refractivity contribution in [2.45, 2.75) is 46.3 Å². The molecule has 11 nitrogen and oxygen atoms in total. The molecule has 0 aliphatic carbocycles. The van der Waals surface area contributed by atoms with Gasteiger partial charge in [-0.05, 0) is 74.7 Å². The zero-order valence-electron chi connectivity index (χ0n) is 22.7. The molecule has 0 radical (unpaired) electrons. The van der Waals surface area contributed by atoms with E-state index in [4.69, 9.17) is 18.9 Å². The number of hydrazone groups is 1. The van der Waals surface area contributed by atoms with Gasteiger partial charge in [0, 0.05) is 5.70 Å². The molecule has 3 amide bonds. The lowest BCUT2D eigenvalue weighted by Crippen LogP contribution is -2.45. The Bertz CT molecular complexity index is 1240. The molecule has 0 saturated carbocycles. The van der Waals surface area contributed by atoms with Crippen LogP contribution in [-0.2, 0) is 14.3 Å². The molecule has 1 aliphatic rings. The Labute approximate surface area is 227 Å². The summed E-state index contributed by atoms with van der Waals surface area (Å²) in [6.07, 6.45) is 2.56. The van der Waals surface area contributed by atoms with Gasteiger partial charge in [0.25, 0.3) is 5.91 Å². The van der Waals surface area contributed by atoms with Crippen molar-refractivity contribution >= 4 is 24.1 Å². The second-order valence-electron chi connectivity index (χ2n) is 8.69. The molecule has 2 atom stereocenters. The molecule has 0 saturated heterocycles. The SMILES string of the molecule is CCOC(=O)C1=C(C)NC(=O)N[C@@H]1c1ccc(OCC(=O)N/N=C\c2ccc(O[C@H](C)CC)cc2)c(OC)c1.